The fourth-order valence-corrected chi connectivity index (χ4v) is 0.995. The molecule has 1 aromatic rings. The maximum atomic E-state index is 13.0. The zero-order valence-electron chi connectivity index (χ0n) is 7.35. The number of Topliss-reactive ketones (excluding diaryl/α,β-unsaturated/α-hetero) is 1. The topological polar surface area (TPSA) is 43.1 Å². The van der Waals surface area contributed by atoms with Crippen LogP contribution in [0.4, 0.5) is 13.2 Å². The molecule has 2 N–H and O–H groups in total. The molecule has 0 aliphatic rings. The van der Waals surface area contributed by atoms with Crippen LogP contribution in [0.2, 0.25) is 0 Å². The molecule has 76 valence electrons. The molecule has 0 saturated carbocycles. The maximum Gasteiger partial charge on any atom is 0.161 e. The van der Waals surface area contributed by atoms with E-state index in [0.717, 1.165) is 6.92 Å². The highest BCUT2D eigenvalue weighted by atomic mass is 19.2. The highest BCUT2D eigenvalue weighted by Gasteiger charge is 2.18. The van der Waals surface area contributed by atoms with E-state index in [0.29, 0.717) is 12.1 Å². The van der Waals surface area contributed by atoms with Gasteiger partial charge in [-0.15, -0.1) is 0 Å². The number of halogens is 3. The molecule has 2 nitrogen and oxygen atoms in total. The van der Waals surface area contributed by atoms with Gasteiger partial charge in [0.15, 0.2) is 17.4 Å². The lowest BCUT2D eigenvalue weighted by atomic mass is 10.0. The van der Waals surface area contributed by atoms with Crippen LogP contribution in [0.3, 0.4) is 0 Å². The summed E-state index contributed by atoms with van der Waals surface area (Å²) in [7, 11) is 0. The Morgan fingerprint density at radius 1 is 1.21 bits per heavy atom. The molecular formula is C9H8F3NO. The van der Waals surface area contributed by atoms with Crippen molar-refractivity contribution in [3.63, 3.8) is 0 Å². The first-order valence-electron chi connectivity index (χ1n) is 3.84. The molecule has 0 aliphatic carbocycles. The monoisotopic (exact) mass is 203 g/mol. The average Bonchev–Trinajstić information content (AvgIpc) is 2.10. The van der Waals surface area contributed by atoms with Gasteiger partial charge in [-0.25, -0.2) is 13.2 Å². The Kier molecular flexibility index (Phi) is 2.90. The third-order valence-electron chi connectivity index (χ3n) is 1.81. The Labute approximate surface area is 78.5 Å². The van der Waals surface area contributed by atoms with Crippen molar-refractivity contribution in [1.29, 1.82) is 0 Å². The van der Waals surface area contributed by atoms with Gasteiger partial charge in [0.25, 0.3) is 0 Å². The highest BCUT2D eigenvalue weighted by molar-refractivity contribution is 5.82. The predicted octanol–water partition coefficient (Wildman–Crippen LogP) is 1.69. The minimum Gasteiger partial charge on any atom is -0.318 e. The molecule has 0 aromatic heterocycles. The third-order valence-corrected chi connectivity index (χ3v) is 1.81. The van der Waals surface area contributed by atoms with Crippen molar-refractivity contribution in [2.75, 3.05) is 0 Å². The van der Waals surface area contributed by atoms with Gasteiger partial charge in [0, 0.05) is 11.6 Å². The van der Waals surface area contributed by atoms with Gasteiger partial charge in [-0.2, -0.15) is 0 Å². The number of carbonyl (C=O) groups is 1. The maximum absolute atomic E-state index is 13.0. The van der Waals surface area contributed by atoms with Gasteiger partial charge in [-0.1, -0.05) is 0 Å². The SMILES string of the molecule is CC(=O)C(N)c1cc(F)c(F)cc1F. The van der Waals surface area contributed by atoms with Crippen LogP contribution in [0.1, 0.15) is 18.5 Å². The standard InChI is InChI=1S/C9H8F3NO/c1-4(14)9(13)5-2-7(11)8(12)3-6(5)10/h2-3,9H,13H2,1H3. The summed E-state index contributed by atoms with van der Waals surface area (Å²) in [6.07, 6.45) is 0. The summed E-state index contributed by atoms with van der Waals surface area (Å²) in [5.74, 6) is -4.07. The van der Waals surface area contributed by atoms with Crippen molar-refractivity contribution >= 4 is 5.78 Å². The van der Waals surface area contributed by atoms with Gasteiger partial charge in [0.05, 0.1) is 6.04 Å². The second-order valence-electron chi connectivity index (χ2n) is 2.88. The fourth-order valence-electron chi connectivity index (χ4n) is 0.995. The van der Waals surface area contributed by atoms with Crippen molar-refractivity contribution in [2.45, 2.75) is 13.0 Å². The first-order chi connectivity index (χ1) is 6.43. The molecule has 0 heterocycles. The number of nitrogens with two attached hydrogens (primary N) is 1. The van der Waals surface area contributed by atoms with Crippen LogP contribution in [0, 0.1) is 17.5 Å². The second kappa shape index (κ2) is 3.79. The molecular weight excluding hydrogens is 195 g/mol. The molecule has 5 heteroatoms. The number of benzene rings is 1. The van der Waals surface area contributed by atoms with Crippen LogP contribution in [-0.2, 0) is 4.79 Å². The molecule has 1 unspecified atom stereocenters. The van der Waals surface area contributed by atoms with Crippen LogP contribution in [0.25, 0.3) is 0 Å². The van der Waals surface area contributed by atoms with Crippen molar-refractivity contribution in [1.82, 2.24) is 0 Å². The summed E-state index contributed by atoms with van der Waals surface area (Å²) in [5.41, 5.74) is 4.94. The lowest BCUT2D eigenvalue weighted by molar-refractivity contribution is -0.118. The first kappa shape index (κ1) is 10.7. The van der Waals surface area contributed by atoms with Gasteiger partial charge in [0.2, 0.25) is 0 Å². The average molecular weight is 203 g/mol. The van der Waals surface area contributed by atoms with Crippen molar-refractivity contribution in [2.24, 2.45) is 5.73 Å². The van der Waals surface area contributed by atoms with Gasteiger partial charge in [0.1, 0.15) is 5.82 Å². The quantitative estimate of drug-likeness (QED) is 0.743. The normalized spacial score (nSPS) is 12.6. The molecule has 1 atom stereocenters. The van der Waals surface area contributed by atoms with E-state index in [4.69, 9.17) is 5.73 Å². The van der Waals surface area contributed by atoms with Crippen LogP contribution < -0.4 is 5.73 Å². The van der Waals surface area contributed by atoms with Gasteiger partial charge in [-0.3, -0.25) is 4.79 Å². The van der Waals surface area contributed by atoms with E-state index < -0.39 is 29.3 Å². The Morgan fingerprint density at radius 3 is 2.21 bits per heavy atom. The Hall–Kier alpha value is -1.36. The molecule has 0 amide bonds. The summed E-state index contributed by atoms with van der Waals surface area (Å²) in [5, 5.41) is 0. The smallest absolute Gasteiger partial charge is 0.161 e. The number of hydrogen-bond donors (Lipinski definition) is 1. The Bertz CT molecular complexity index is 379. The largest absolute Gasteiger partial charge is 0.318 e. The predicted molar refractivity (Wildman–Crippen MR) is 43.9 cm³/mol. The molecule has 0 radical (unpaired) electrons. The minimum atomic E-state index is -1.30. The van der Waals surface area contributed by atoms with E-state index in [1.807, 2.05) is 0 Å². The number of rotatable bonds is 2. The molecule has 1 rings (SSSR count). The fraction of sp³-hybridized carbons (Fsp3) is 0.222. The summed E-state index contributed by atoms with van der Waals surface area (Å²) in [6.45, 7) is 1.14. The lowest BCUT2D eigenvalue weighted by Gasteiger charge is -2.09. The molecule has 0 bridgehead atoms. The summed E-state index contributed by atoms with van der Waals surface area (Å²) in [4.78, 5) is 10.8. The van der Waals surface area contributed by atoms with Crippen LogP contribution in [0.15, 0.2) is 12.1 Å². The number of carbonyl (C=O) groups excluding carboxylic acids is 1. The van der Waals surface area contributed by atoms with E-state index in [2.05, 4.69) is 0 Å². The van der Waals surface area contributed by atoms with Gasteiger partial charge < -0.3 is 5.73 Å². The summed E-state index contributed by atoms with van der Waals surface area (Å²) < 4.78 is 38.2. The lowest BCUT2D eigenvalue weighted by Crippen LogP contribution is -2.20. The zero-order chi connectivity index (χ0) is 10.9. The highest BCUT2D eigenvalue weighted by Crippen LogP contribution is 2.19. The Morgan fingerprint density at radius 2 is 1.71 bits per heavy atom. The molecule has 0 aliphatic heterocycles. The van der Waals surface area contributed by atoms with E-state index in [9.17, 15) is 18.0 Å². The van der Waals surface area contributed by atoms with Crippen LogP contribution in [0.5, 0.6) is 0 Å². The van der Waals surface area contributed by atoms with E-state index in [1.165, 1.54) is 0 Å². The number of ketones is 1. The van der Waals surface area contributed by atoms with E-state index >= 15 is 0 Å². The van der Waals surface area contributed by atoms with Crippen molar-refractivity contribution in [3.05, 3.63) is 35.1 Å². The van der Waals surface area contributed by atoms with E-state index in [-0.39, 0.29) is 5.56 Å². The zero-order valence-corrected chi connectivity index (χ0v) is 7.35. The van der Waals surface area contributed by atoms with Gasteiger partial charge in [-0.05, 0) is 13.0 Å². The summed E-state index contributed by atoms with van der Waals surface area (Å²) in [6, 6.07) is -0.297. The third kappa shape index (κ3) is 1.93. The van der Waals surface area contributed by atoms with Crippen LogP contribution >= 0.6 is 0 Å². The molecule has 14 heavy (non-hydrogen) atoms. The van der Waals surface area contributed by atoms with E-state index in [1.54, 1.807) is 0 Å². The van der Waals surface area contributed by atoms with Crippen molar-refractivity contribution < 1.29 is 18.0 Å². The molecule has 1 aromatic carbocycles. The second-order valence-corrected chi connectivity index (χ2v) is 2.88. The minimum absolute atomic E-state index is 0.337. The number of hydrogen-bond acceptors (Lipinski definition) is 2. The van der Waals surface area contributed by atoms with Crippen molar-refractivity contribution in [3.8, 4) is 0 Å². The van der Waals surface area contributed by atoms with Gasteiger partial charge >= 0.3 is 0 Å². The molecule has 0 fully saturated rings. The van der Waals surface area contributed by atoms with Crippen LogP contribution in [-0.4, -0.2) is 5.78 Å². The molecule has 0 spiro atoms. The Balaban J connectivity index is 3.22. The first-order valence-corrected chi connectivity index (χ1v) is 3.84. The molecule has 0 saturated heterocycles. The summed E-state index contributed by atoms with van der Waals surface area (Å²) >= 11 is 0.